The number of carboxylic acids is 1. The molecule has 3 rings (SSSR count). The lowest BCUT2D eigenvalue weighted by atomic mass is 10.1. The highest BCUT2D eigenvalue weighted by molar-refractivity contribution is 5.95. The summed E-state index contributed by atoms with van der Waals surface area (Å²) >= 11 is 0. The van der Waals surface area contributed by atoms with Crippen LogP contribution in [-0.2, 0) is 11.3 Å². The van der Waals surface area contributed by atoms with Gasteiger partial charge >= 0.3 is 5.97 Å². The van der Waals surface area contributed by atoms with E-state index in [1.807, 2.05) is 30.3 Å². The van der Waals surface area contributed by atoms with Gasteiger partial charge in [-0.2, -0.15) is 0 Å². The van der Waals surface area contributed by atoms with Crippen molar-refractivity contribution in [3.63, 3.8) is 0 Å². The minimum atomic E-state index is -1.06. The lowest BCUT2D eigenvalue weighted by Gasteiger charge is -2.25. The molecule has 24 heavy (non-hydrogen) atoms. The normalized spacial score (nSPS) is 15.1. The molecule has 1 aromatic carbocycles. The molecule has 1 heterocycles. The summed E-state index contributed by atoms with van der Waals surface area (Å²) < 4.78 is 5.65. The van der Waals surface area contributed by atoms with E-state index in [9.17, 15) is 14.7 Å². The lowest BCUT2D eigenvalue weighted by molar-refractivity contribution is -0.141. The van der Waals surface area contributed by atoms with Gasteiger partial charge in [-0.1, -0.05) is 30.3 Å². The molecule has 0 radical (unpaired) electrons. The number of carboxylic acid groups (broad SMARTS) is 1. The Bertz CT molecular complexity index is 750. The van der Waals surface area contributed by atoms with Crippen LogP contribution >= 0.6 is 0 Å². The van der Waals surface area contributed by atoms with Gasteiger partial charge in [-0.3, -0.25) is 4.79 Å². The third-order valence-electron chi connectivity index (χ3n) is 4.22. The molecule has 1 aliphatic rings. The Labute approximate surface area is 140 Å². The minimum Gasteiger partial charge on any atom is -0.480 e. The van der Waals surface area contributed by atoms with Crippen LogP contribution in [-0.4, -0.2) is 32.9 Å². The fraction of sp³-hybridized carbons (Fsp3) is 0.389. The maximum absolute atomic E-state index is 12.9. The number of aryl methyl sites for hydroxylation is 1. The minimum absolute atomic E-state index is 0.140. The smallest absolute Gasteiger partial charge is 0.326 e. The highest BCUT2D eigenvalue weighted by Crippen LogP contribution is 2.40. The average molecular weight is 328 g/mol. The molecule has 6 nitrogen and oxygen atoms in total. The molecule has 1 N–H and O–H groups in total. The molecule has 1 fully saturated rings. The van der Waals surface area contributed by atoms with Gasteiger partial charge in [0.2, 0.25) is 5.76 Å². The van der Waals surface area contributed by atoms with Crippen molar-refractivity contribution < 1.29 is 19.1 Å². The summed E-state index contributed by atoms with van der Waals surface area (Å²) in [6.07, 6.45) is 2.04. The van der Waals surface area contributed by atoms with Crippen LogP contribution in [0.5, 0.6) is 0 Å². The topological polar surface area (TPSA) is 83.6 Å². The van der Waals surface area contributed by atoms with Gasteiger partial charge in [0.25, 0.3) is 5.91 Å². The summed E-state index contributed by atoms with van der Waals surface area (Å²) in [7, 11) is 0. The van der Waals surface area contributed by atoms with Crippen LogP contribution in [0.2, 0.25) is 0 Å². The van der Waals surface area contributed by atoms with Crippen molar-refractivity contribution in [1.82, 2.24) is 9.88 Å². The summed E-state index contributed by atoms with van der Waals surface area (Å²) in [5.41, 5.74) is 1.37. The van der Waals surface area contributed by atoms with E-state index in [1.54, 1.807) is 6.92 Å². The lowest BCUT2D eigenvalue weighted by Crippen LogP contribution is -2.42. The number of amides is 1. The number of aliphatic carboxylic acids is 1. The van der Waals surface area contributed by atoms with Gasteiger partial charge in [-0.05, 0) is 32.3 Å². The fourth-order valence-electron chi connectivity index (χ4n) is 2.55. The SMILES string of the molecule is Cc1nc(C2CC2)oc1C(=O)N(Cc1ccccc1)[C@H](C)C(=O)O. The van der Waals surface area contributed by atoms with Gasteiger partial charge in [-0.15, -0.1) is 0 Å². The second kappa shape index (κ2) is 6.47. The van der Waals surface area contributed by atoms with Gasteiger partial charge < -0.3 is 14.4 Å². The van der Waals surface area contributed by atoms with Crippen LogP contribution in [0, 0.1) is 6.92 Å². The van der Waals surface area contributed by atoms with E-state index in [1.165, 1.54) is 11.8 Å². The first-order valence-corrected chi connectivity index (χ1v) is 8.02. The monoisotopic (exact) mass is 328 g/mol. The second-order valence-electron chi connectivity index (χ2n) is 6.17. The predicted molar refractivity (Wildman–Crippen MR) is 86.6 cm³/mol. The van der Waals surface area contributed by atoms with Gasteiger partial charge in [-0.25, -0.2) is 9.78 Å². The van der Waals surface area contributed by atoms with E-state index in [-0.39, 0.29) is 12.3 Å². The average Bonchev–Trinajstić information content (AvgIpc) is 3.35. The number of benzene rings is 1. The molecule has 2 aromatic rings. The van der Waals surface area contributed by atoms with Gasteiger partial charge in [0.05, 0.1) is 5.69 Å². The van der Waals surface area contributed by atoms with Crippen molar-refractivity contribution in [2.75, 3.05) is 0 Å². The van der Waals surface area contributed by atoms with E-state index < -0.39 is 17.9 Å². The Kier molecular flexibility index (Phi) is 4.38. The number of nitrogens with zero attached hydrogens (tertiary/aromatic N) is 2. The van der Waals surface area contributed by atoms with E-state index in [0.29, 0.717) is 17.5 Å². The van der Waals surface area contributed by atoms with Crippen molar-refractivity contribution in [1.29, 1.82) is 0 Å². The Morgan fingerprint density at radius 2 is 2.00 bits per heavy atom. The molecule has 1 atom stereocenters. The van der Waals surface area contributed by atoms with E-state index in [2.05, 4.69) is 4.98 Å². The van der Waals surface area contributed by atoms with Crippen LogP contribution in [0.15, 0.2) is 34.7 Å². The standard InChI is InChI=1S/C18H20N2O4/c1-11-15(24-16(19-11)14-8-9-14)17(21)20(12(2)18(22)23)10-13-6-4-3-5-7-13/h3-7,12,14H,8-10H2,1-2H3,(H,22,23)/t12-/m1/s1. The highest BCUT2D eigenvalue weighted by atomic mass is 16.4. The maximum Gasteiger partial charge on any atom is 0.326 e. The van der Waals surface area contributed by atoms with E-state index >= 15 is 0 Å². The van der Waals surface area contributed by atoms with Crippen molar-refractivity contribution in [2.24, 2.45) is 0 Å². The summed E-state index contributed by atoms with van der Waals surface area (Å²) in [6.45, 7) is 3.41. The summed E-state index contributed by atoms with van der Waals surface area (Å²) in [5.74, 6) is -0.478. The maximum atomic E-state index is 12.9. The van der Waals surface area contributed by atoms with Crippen molar-refractivity contribution in [3.05, 3.63) is 53.2 Å². The molecule has 0 saturated heterocycles. The summed E-state index contributed by atoms with van der Waals surface area (Å²) in [6, 6.07) is 8.34. The zero-order valence-corrected chi connectivity index (χ0v) is 13.7. The number of hydrogen-bond donors (Lipinski definition) is 1. The molecule has 0 spiro atoms. The van der Waals surface area contributed by atoms with Crippen LogP contribution in [0.25, 0.3) is 0 Å². The molecular formula is C18H20N2O4. The third kappa shape index (κ3) is 3.32. The van der Waals surface area contributed by atoms with Crippen molar-refractivity contribution >= 4 is 11.9 Å². The first kappa shape index (κ1) is 16.2. The number of hydrogen-bond acceptors (Lipinski definition) is 4. The molecule has 0 bridgehead atoms. The van der Waals surface area contributed by atoms with Crippen molar-refractivity contribution in [3.8, 4) is 0 Å². The number of oxazole rings is 1. The number of rotatable bonds is 6. The van der Waals surface area contributed by atoms with E-state index in [0.717, 1.165) is 18.4 Å². The molecule has 126 valence electrons. The zero-order valence-electron chi connectivity index (χ0n) is 13.7. The van der Waals surface area contributed by atoms with E-state index in [4.69, 9.17) is 4.42 Å². The summed E-state index contributed by atoms with van der Waals surface area (Å²) in [4.78, 5) is 30.0. The van der Waals surface area contributed by atoms with Gasteiger partial charge in [0.15, 0.2) is 5.89 Å². The van der Waals surface area contributed by atoms with Crippen LogP contribution in [0.1, 0.15) is 53.4 Å². The fourth-order valence-corrected chi connectivity index (χ4v) is 2.55. The molecule has 1 saturated carbocycles. The first-order valence-electron chi connectivity index (χ1n) is 8.02. The van der Waals surface area contributed by atoms with Crippen LogP contribution in [0.4, 0.5) is 0 Å². The zero-order chi connectivity index (χ0) is 17.3. The Morgan fingerprint density at radius 3 is 2.58 bits per heavy atom. The molecule has 0 unspecified atom stereocenters. The Balaban J connectivity index is 1.89. The Morgan fingerprint density at radius 1 is 1.33 bits per heavy atom. The first-order chi connectivity index (χ1) is 11.5. The number of carbonyl (C=O) groups excluding carboxylic acids is 1. The number of aromatic nitrogens is 1. The largest absolute Gasteiger partial charge is 0.480 e. The Hall–Kier alpha value is -2.63. The molecule has 1 aromatic heterocycles. The summed E-state index contributed by atoms with van der Waals surface area (Å²) in [5, 5.41) is 9.36. The number of carbonyl (C=O) groups is 2. The third-order valence-corrected chi connectivity index (χ3v) is 4.22. The molecule has 0 aliphatic heterocycles. The molecular weight excluding hydrogens is 308 g/mol. The van der Waals surface area contributed by atoms with Crippen LogP contribution < -0.4 is 0 Å². The van der Waals surface area contributed by atoms with Crippen LogP contribution in [0.3, 0.4) is 0 Å². The molecule has 6 heteroatoms. The predicted octanol–water partition coefficient (Wildman–Crippen LogP) is 2.98. The molecule has 1 amide bonds. The van der Waals surface area contributed by atoms with Gasteiger partial charge in [0, 0.05) is 12.5 Å². The van der Waals surface area contributed by atoms with Gasteiger partial charge in [0.1, 0.15) is 6.04 Å². The quantitative estimate of drug-likeness (QED) is 0.881. The highest BCUT2D eigenvalue weighted by Gasteiger charge is 2.34. The van der Waals surface area contributed by atoms with Crippen molar-refractivity contribution in [2.45, 2.75) is 45.2 Å². The second-order valence-corrected chi connectivity index (χ2v) is 6.17. The molecule has 1 aliphatic carbocycles.